The van der Waals surface area contributed by atoms with E-state index in [0.717, 1.165) is 12.8 Å². The van der Waals surface area contributed by atoms with Crippen LogP contribution in [0.4, 0.5) is 0 Å². The van der Waals surface area contributed by atoms with Crippen LogP contribution in [0, 0.1) is 0 Å². The number of aliphatic carboxylic acids is 1. The van der Waals surface area contributed by atoms with Gasteiger partial charge in [-0.1, -0.05) is 0 Å². The first kappa shape index (κ1) is 11.9. The number of hydrogen-bond donors (Lipinski definition) is 2. The average Bonchev–Trinajstić information content (AvgIpc) is 2.79. The van der Waals surface area contributed by atoms with E-state index in [1.54, 1.807) is 0 Å². The number of carbonyl (C=O) groups is 1. The molecule has 1 unspecified atom stereocenters. The van der Waals surface area contributed by atoms with E-state index in [4.69, 9.17) is 4.74 Å². The van der Waals surface area contributed by atoms with Gasteiger partial charge in [0.15, 0.2) is 0 Å². The van der Waals surface area contributed by atoms with Gasteiger partial charge in [-0.25, -0.2) is 0 Å². The lowest BCUT2D eigenvalue weighted by molar-refractivity contribution is -0.153. The van der Waals surface area contributed by atoms with Crippen molar-refractivity contribution in [2.45, 2.75) is 69.7 Å². The van der Waals surface area contributed by atoms with Crippen molar-refractivity contribution >= 4 is 5.97 Å². The minimum absolute atomic E-state index is 0.355. The van der Waals surface area contributed by atoms with Crippen LogP contribution in [0.25, 0.3) is 0 Å². The summed E-state index contributed by atoms with van der Waals surface area (Å²) in [6.07, 6.45) is 2.66. The van der Waals surface area contributed by atoms with Crippen molar-refractivity contribution in [3.8, 4) is 0 Å². The van der Waals surface area contributed by atoms with E-state index >= 15 is 0 Å². The number of carboxylic acid groups (broad SMARTS) is 1. The number of ether oxygens (including phenoxy) is 1. The molecular weight excluding hydrogens is 206 g/mol. The van der Waals surface area contributed by atoms with Crippen molar-refractivity contribution in [1.29, 1.82) is 0 Å². The number of rotatable bonds is 3. The van der Waals surface area contributed by atoms with Gasteiger partial charge >= 0.3 is 5.97 Å². The molecule has 2 rings (SSSR count). The molecular formula is C12H21NO3. The molecule has 1 aliphatic heterocycles. The molecule has 0 amide bonds. The third-order valence-electron chi connectivity index (χ3n) is 3.64. The molecule has 2 aliphatic rings. The molecule has 0 aromatic rings. The summed E-state index contributed by atoms with van der Waals surface area (Å²) in [6, 6.07) is 0.355. The average molecular weight is 227 g/mol. The van der Waals surface area contributed by atoms with Gasteiger partial charge in [0.05, 0.1) is 11.2 Å². The Balaban J connectivity index is 2.33. The van der Waals surface area contributed by atoms with Crippen molar-refractivity contribution in [3.63, 3.8) is 0 Å². The fourth-order valence-electron chi connectivity index (χ4n) is 2.86. The lowest BCUT2D eigenvalue weighted by atomic mass is 9.79. The first-order valence-corrected chi connectivity index (χ1v) is 5.90. The van der Waals surface area contributed by atoms with Crippen LogP contribution in [-0.4, -0.2) is 33.9 Å². The van der Waals surface area contributed by atoms with E-state index in [1.165, 1.54) is 0 Å². The zero-order chi connectivity index (χ0) is 12.2. The Hall–Kier alpha value is -0.610. The molecule has 1 aliphatic carbocycles. The topological polar surface area (TPSA) is 58.6 Å². The molecule has 0 spiro atoms. The lowest BCUT2D eigenvalue weighted by Gasteiger charge is -2.37. The van der Waals surface area contributed by atoms with Crippen LogP contribution in [0.15, 0.2) is 0 Å². The van der Waals surface area contributed by atoms with E-state index in [-0.39, 0.29) is 5.60 Å². The minimum Gasteiger partial charge on any atom is -0.480 e. The van der Waals surface area contributed by atoms with E-state index in [2.05, 4.69) is 5.32 Å². The molecule has 92 valence electrons. The summed E-state index contributed by atoms with van der Waals surface area (Å²) in [5.41, 5.74) is -2.01. The first-order chi connectivity index (χ1) is 7.19. The van der Waals surface area contributed by atoms with Crippen LogP contribution >= 0.6 is 0 Å². The van der Waals surface area contributed by atoms with Gasteiger partial charge in [0, 0.05) is 12.5 Å². The van der Waals surface area contributed by atoms with E-state index in [9.17, 15) is 9.90 Å². The first-order valence-electron chi connectivity index (χ1n) is 5.90. The molecule has 16 heavy (non-hydrogen) atoms. The summed E-state index contributed by atoms with van der Waals surface area (Å²) in [5.74, 6) is -0.796. The molecule has 2 fully saturated rings. The second-order valence-electron chi connectivity index (χ2n) is 6.18. The Labute approximate surface area is 96.4 Å². The quantitative estimate of drug-likeness (QED) is 0.768. The highest BCUT2D eigenvalue weighted by atomic mass is 16.5. The molecule has 0 radical (unpaired) electrons. The highest BCUT2D eigenvalue weighted by molar-refractivity contribution is 5.81. The third-order valence-corrected chi connectivity index (χ3v) is 3.64. The summed E-state index contributed by atoms with van der Waals surface area (Å²) in [7, 11) is 0. The maximum absolute atomic E-state index is 11.6. The number of carboxylic acids is 1. The van der Waals surface area contributed by atoms with Gasteiger partial charge in [0.2, 0.25) is 0 Å². The van der Waals surface area contributed by atoms with Gasteiger partial charge in [-0.2, -0.15) is 0 Å². The second-order valence-corrected chi connectivity index (χ2v) is 6.18. The second kappa shape index (κ2) is 3.20. The molecule has 1 saturated carbocycles. The maximum atomic E-state index is 11.6. The lowest BCUT2D eigenvalue weighted by Crippen LogP contribution is -2.63. The van der Waals surface area contributed by atoms with Crippen molar-refractivity contribution < 1.29 is 14.6 Å². The van der Waals surface area contributed by atoms with Crippen molar-refractivity contribution in [1.82, 2.24) is 5.32 Å². The molecule has 1 heterocycles. The van der Waals surface area contributed by atoms with Crippen LogP contribution in [0.5, 0.6) is 0 Å². The standard InChI is InChI=1S/C12H21NO3/c1-10(2)7-12(9(14)15,11(3,4)16-10)13-8-5-6-8/h8,13H,5-7H2,1-4H3,(H,14,15). The molecule has 4 nitrogen and oxygen atoms in total. The van der Waals surface area contributed by atoms with Crippen molar-refractivity contribution in [2.24, 2.45) is 0 Å². The van der Waals surface area contributed by atoms with Crippen LogP contribution in [0.3, 0.4) is 0 Å². The number of hydrogen-bond acceptors (Lipinski definition) is 3. The van der Waals surface area contributed by atoms with Crippen LogP contribution in [0.2, 0.25) is 0 Å². The largest absolute Gasteiger partial charge is 0.480 e. The van der Waals surface area contributed by atoms with Crippen molar-refractivity contribution in [2.75, 3.05) is 0 Å². The van der Waals surface area contributed by atoms with Crippen LogP contribution in [0.1, 0.15) is 47.0 Å². The molecule has 1 atom stereocenters. The molecule has 1 saturated heterocycles. The highest BCUT2D eigenvalue weighted by Crippen LogP contribution is 2.46. The Morgan fingerprint density at radius 2 is 1.88 bits per heavy atom. The summed E-state index contributed by atoms with van der Waals surface area (Å²) in [4.78, 5) is 11.6. The molecule has 0 aromatic heterocycles. The van der Waals surface area contributed by atoms with Crippen LogP contribution < -0.4 is 5.32 Å². The Bertz CT molecular complexity index is 320. The Morgan fingerprint density at radius 1 is 1.31 bits per heavy atom. The van der Waals surface area contributed by atoms with E-state index in [0.29, 0.717) is 12.5 Å². The van der Waals surface area contributed by atoms with Gasteiger partial charge in [-0.15, -0.1) is 0 Å². The fraction of sp³-hybridized carbons (Fsp3) is 0.917. The zero-order valence-electron chi connectivity index (χ0n) is 10.5. The predicted octanol–water partition coefficient (Wildman–Crippen LogP) is 1.54. The van der Waals surface area contributed by atoms with E-state index < -0.39 is 17.1 Å². The summed E-state index contributed by atoms with van der Waals surface area (Å²) < 4.78 is 5.90. The summed E-state index contributed by atoms with van der Waals surface area (Å²) >= 11 is 0. The monoisotopic (exact) mass is 227 g/mol. The van der Waals surface area contributed by atoms with Crippen LogP contribution in [-0.2, 0) is 9.53 Å². The normalized spacial score (nSPS) is 36.2. The SMILES string of the molecule is CC1(C)CC(NC2CC2)(C(=O)O)C(C)(C)O1. The Kier molecular flexibility index (Phi) is 2.37. The zero-order valence-corrected chi connectivity index (χ0v) is 10.5. The predicted molar refractivity (Wildman–Crippen MR) is 60.4 cm³/mol. The van der Waals surface area contributed by atoms with Gasteiger partial charge in [-0.05, 0) is 40.5 Å². The Morgan fingerprint density at radius 3 is 2.19 bits per heavy atom. The van der Waals surface area contributed by atoms with Crippen molar-refractivity contribution in [3.05, 3.63) is 0 Å². The highest BCUT2D eigenvalue weighted by Gasteiger charge is 2.63. The van der Waals surface area contributed by atoms with Gasteiger partial charge in [-0.3, -0.25) is 10.1 Å². The molecule has 4 heteroatoms. The summed E-state index contributed by atoms with van der Waals surface area (Å²) in [6.45, 7) is 7.64. The fourth-order valence-corrected chi connectivity index (χ4v) is 2.86. The van der Waals surface area contributed by atoms with E-state index in [1.807, 2.05) is 27.7 Å². The van der Waals surface area contributed by atoms with Gasteiger partial charge < -0.3 is 9.84 Å². The molecule has 0 bridgehead atoms. The summed E-state index contributed by atoms with van der Waals surface area (Å²) in [5, 5.41) is 12.9. The van der Waals surface area contributed by atoms with Gasteiger partial charge in [0.25, 0.3) is 0 Å². The molecule has 0 aromatic carbocycles. The maximum Gasteiger partial charge on any atom is 0.327 e. The minimum atomic E-state index is -0.947. The van der Waals surface area contributed by atoms with Gasteiger partial charge in [0.1, 0.15) is 5.54 Å². The number of nitrogens with one attached hydrogen (secondary N) is 1. The molecule has 2 N–H and O–H groups in total. The third kappa shape index (κ3) is 1.74. The smallest absolute Gasteiger partial charge is 0.327 e.